The summed E-state index contributed by atoms with van der Waals surface area (Å²) in [5.74, 6) is 0. The molecule has 1 atom stereocenters. The van der Waals surface area contributed by atoms with Crippen molar-refractivity contribution in [2.45, 2.75) is 24.1 Å². The Balaban J connectivity index is 3.06. The predicted molar refractivity (Wildman–Crippen MR) is 67.5 cm³/mol. The Bertz CT molecular complexity index is 602. The van der Waals surface area contributed by atoms with Crippen molar-refractivity contribution in [3.05, 3.63) is 17.7 Å². The number of nitrogen functional groups attached to an aromatic ring is 1. The molecule has 0 saturated carbocycles. The van der Waals surface area contributed by atoms with Crippen molar-refractivity contribution in [1.82, 2.24) is 0 Å². The first-order valence-electron chi connectivity index (χ1n) is 5.34. The Morgan fingerprint density at radius 2 is 1.95 bits per heavy atom. The highest BCUT2D eigenvalue weighted by Gasteiger charge is 2.37. The van der Waals surface area contributed by atoms with Crippen molar-refractivity contribution in [2.75, 3.05) is 17.6 Å². The van der Waals surface area contributed by atoms with Crippen molar-refractivity contribution in [3.63, 3.8) is 0 Å². The highest BCUT2D eigenvalue weighted by molar-refractivity contribution is 7.89. The number of nitrogens with two attached hydrogens (primary N) is 2. The minimum absolute atomic E-state index is 0.0172. The maximum atomic E-state index is 12.2. The summed E-state index contributed by atoms with van der Waals surface area (Å²) >= 11 is 0. The van der Waals surface area contributed by atoms with Crippen LogP contribution in [0.25, 0.3) is 0 Å². The zero-order valence-electron chi connectivity index (χ0n) is 10.4. The lowest BCUT2D eigenvalue weighted by Crippen LogP contribution is -2.35. The molecule has 114 valence electrons. The van der Waals surface area contributed by atoms with Gasteiger partial charge in [0.1, 0.15) is 0 Å². The molecule has 10 heteroatoms. The molecule has 20 heavy (non-hydrogen) atoms. The third kappa shape index (κ3) is 3.99. The largest absolute Gasteiger partial charge is 0.416 e. The van der Waals surface area contributed by atoms with Crippen LogP contribution in [-0.2, 0) is 10.0 Å². The van der Waals surface area contributed by atoms with Crippen LogP contribution in [0.2, 0.25) is 0 Å². The van der Waals surface area contributed by atoms with Gasteiger partial charge in [0.25, 0.3) is 0 Å². The molecule has 1 rings (SSSR count). The van der Waals surface area contributed by atoms with Gasteiger partial charge in [0.2, 0.25) is 10.0 Å². The molecule has 1 aromatic rings. The summed E-state index contributed by atoms with van der Waals surface area (Å²) in [6.07, 6.45) is -7.36. The second kappa shape index (κ2) is 5.46. The molecular weight excluding hydrogens is 299 g/mol. The number of anilines is 2. The molecule has 6 nitrogen and oxygen atoms in total. The van der Waals surface area contributed by atoms with Gasteiger partial charge in [-0.3, -0.25) is 0 Å². The van der Waals surface area contributed by atoms with Gasteiger partial charge in [-0.1, -0.05) is 0 Å². The Morgan fingerprint density at radius 3 is 2.40 bits per heavy atom. The van der Waals surface area contributed by atoms with Gasteiger partial charge in [0.15, 0.2) is 6.10 Å². The van der Waals surface area contributed by atoms with E-state index in [1.165, 1.54) is 13.0 Å². The SMILES string of the molecule is Cc1c(NCC(O)C(F)(F)F)cc(N)cc1S(N)(=O)=O. The number of alkyl halides is 3. The lowest BCUT2D eigenvalue weighted by atomic mass is 10.1. The number of halogens is 3. The van der Waals surface area contributed by atoms with Gasteiger partial charge >= 0.3 is 6.18 Å². The molecule has 0 saturated heterocycles. The van der Waals surface area contributed by atoms with Gasteiger partial charge in [-0.25, -0.2) is 13.6 Å². The van der Waals surface area contributed by atoms with Crippen molar-refractivity contribution in [3.8, 4) is 0 Å². The molecular formula is C10H14F3N3O3S. The number of sulfonamides is 1. The Hall–Kier alpha value is -1.52. The standard InChI is InChI=1S/C10H14F3N3O3S/c1-5-7(16-4-9(17)10(11,12)13)2-6(14)3-8(5)20(15,18)19/h2-3,9,16-17H,4,14H2,1H3,(H2,15,18,19). The van der Waals surface area contributed by atoms with Gasteiger partial charge in [-0.2, -0.15) is 13.2 Å². The van der Waals surface area contributed by atoms with E-state index in [9.17, 15) is 21.6 Å². The third-order valence-electron chi connectivity index (χ3n) is 2.55. The van der Waals surface area contributed by atoms with E-state index in [0.29, 0.717) is 0 Å². The number of nitrogens with one attached hydrogen (secondary N) is 1. The molecule has 0 amide bonds. The number of hydrogen-bond acceptors (Lipinski definition) is 5. The first-order valence-corrected chi connectivity index (χ1v) is 6.89. The van der Waals surface area contributed by atoms with Gasteiger partial charge in [0.05, 0.1) is 4.90 Å². The van der Waals surface area contributed by atoms with Crippen LogP contribution in [0, 0.1) is 6.92 Å². The Morgan fingerprint density at radius 1 is 1.40 bits per heavy atom. The van der Waals surface area contributed by atoms with Crippen LogP contribution in [0.1, 0.15) is 5.56 Å². The second-order valence-electron chi connectivity index (χ2n) is 4.17. The average molecular weight is 313 g/mol. The monoisotopic (exact) mass is 313 g/mol. The maximum absolute atomic E-state index is 12.2. The van der Waals surface area contributed by atoms with Crippen molar-refractivity contribution < 1.29 is 26.7 Å². The van der Waals surface area contributed by atoms with Gasteiger partial charge < -0.3 is 16.2 Å². The number of rotatable bonds is 4. The summed E-state index contributed by atoms with van der Waals surface area (Å²) in [6.45, 7) is 0.527. The smallest absolute Gasteiger partial charge is 0.399 e. The number of primary sulfonamides is 1. The number of aliphatic hydroxyl groups is 1. The second-order valence-corrected chi connectivity index (χ2v) is 5.70. The summed E-state index contributed by atoms with van der Waals surface area (Å²) in [5.41, 5.74) is 5.66. The van der Waals surface area contributed by atoms with E-state index < -0.39 is 28.8 Å². The fourth-order valence-electron chi connectivity index (χ4n) is 1.51. The van der Waals surface area contributed by atoms with E-state index in [1.54, 1.807) is 0 Å². The summed E-state index contributed by atoms with van der Waals surface area (Å²) in [5, 5.41) is 16.2. The topological polar surface area (TPSA) is 118 Å². The predicted octanol–water partition coefficient (Wildman–Crippen LogP) is 0.560. The van der Waals surface area contributed by atoms with Gasteiger partial charge in [-0.15, -0.1) is 0 Å². The molecule has 0 radical (unpaired) electrons. The molecule has 0 fully saturated rings. The van der Waals surface area contributed by atoms with Crippen LogP contribution in [0.15, 0.2) is 17.0 Å². The Labute approximate surface area is 113 Å². The highest BCUT2D eigenvalue weighted by Crippen LogP contribution is 2.27. The average Bonchev–Trinajstić information content (AvgIpc) is 2.26. The normalized spacial score (nSPS) is 14.1. The summed E-state index contributed by atoms with van der Waals surface area (Å²) < 4.78 is 59.2. The molecule has 0 heterocycles. The van der Waals surface area contributed by atoms with Crippen molar-refractivity contribution in [2.24, 2.45) is 5.14 Å². The van der Waals surface area contributed by atoms with Gasteiger partial charge in [-0.05, 0) is 24.6 Å². The zero-order valence-corrected chi connectivity index (χ0v) is 11.2. The summed E-state index contributed by atoms with van der Waals surface area (Å²) in [6, 6.07) is 2.36. The third-order valence-corrected chi connectivity index (χ3v) is 3.59. The summed E-state index contributed by atoms with van der Waals surface area (Å²) in [4.78, 5) is -0.290. The number of aliphatic hydroxyl groups excluding tert-OH is 1. The summed E-state index contributed by atoms with van der Waals surface area (Å²) in [7, 11) is -4.05. The van der Waals surface area contributed by atoms with Crippen LogP contribution in [0.3, 0.4) is 0 Å². The maximum Gasteiger partial charge on any atom is 0.416 e. The van der Waals surface area contributed by atoms with E-state index in [0.717, 1.165) is 6.07 Å². The van der Waals surface area contributed by atoms with Crippen LogP contribution in [0.5, 0.6) is 0 Å². The zero-order chi connectivity index (χ0) is 15.7. The van der Waals surface area contributed by atoms with Crippen molar-refractivity contribution in [1.29, 1.82) is 0 Å². The Kier molecular flexibility index (Phi) is 4.52. The van der Waals surface area contributed by atoms with Gasteiger partial charge in [0, 0.05) is 17.9 Å². The van der Waals surface area contributed by atoms with Crippen molar-refractivity contribution >= 4 is 21.4 Å². The quantitative estimate of drug-likeness (QED) is 0.606. The van der Waals surface area contributed by atoms with E-state index >= 15 is 0 Å². The van der Waals surface area contributed by atoms with E-state index in [1.807, 2.05) is 0 Å². The molecule has 1 unspecified atom stereocenters. The van der Waals surface area contributed by atoms with Crippen LogP contribution < -0.4 is 16.2 Å². The fraction of sp³-hybridized carbons (Fsp3) is 0.400. The molecule has 0 aliphatic heterocycles. The fourth-order valence-corrected chi connectivity index (χ4v) is 2.35. The lowest BCUT2D eigenvalue weighted by Gasteiger charge is -2.18. The highest BCUT2D eigenvalue weighted by atomic mass is 32.2. The molecule has 1 aromatic carbocycles. The molecule has 0 aliphatic carbocycles. The molecule has 0 aliphatic rings. The van der Waals surface area contributed by atoms with Crippen LogP contribution in [-0.4, -0.2) is 32.3 Å². The number of benzene rings is 1. The van der Waals surface area contributed by atoms with E-state index in [4.69, 9.17) is 16.0 Å². The van der Waals surface area contributed by atoms with E-state index in [-0.39, 0.29) is 21.8 Å². The number of hydrogen-bond donors (Lipinski definition) is 4. The molecule has 6 N–H and O–H groups in total. The molecule has 0 aromatic heterocycles. The lowest BCUT2D eigenvalue weighted by molar-refractivity contribution is -0.198. The molecule has 0 spiro atoms. The first kappa shape index (κ1) is 16.5. The first-order chi connectivity index (χ1) is 8.93. The molecule has 0 bridgehead atoms. The minimum atomic E-state index is -4.77. The van der Waals surface area contributed by atoms with Crippen LogP contribution >= 0.6 is 0 Å². The van der Waals surface area contributed by atoms with Crippen LogP contribution in [0.4, 0.5) is 24.5 Å². The minimum Gasteiger partial charge on any atom is -0.399 e. The van der Waals surface area contributed by atoms with E-state index in [2.05, 4.69) is 5.32 Å².